The molecule has 0 unspecified atom stereocenters. The number of benzene rings is 1. The molecule has 0 bridgehead atoms. The molecular formula is C17H18BrClN2O2S. The van der Waals surface area contributed by atoms with Gasteiger partial charge in [0.25, 0.3) is 5.91 Å². The van der Waals surface area contributed by atoms with E-state index in [0.717, 1.165) is 47.8 Å². The Labute approximate surface area is 159 Å². The van der Waals surface area contributed by atoms with Crippen molar-refractivity contribution in [2.75, 3.05) is 39.3 Å². The molecular weight excluding hydrogens is 412 g/mol. The Balaban J connectivity index is 1.43. The minimum absolute atomic E-state index is 0.115. The topological polar surface area (TPSA) is 32.8 Å². The Hall–Kier alpha value is -1.08. The molecule has 0 atom stereocenters. The molecule has 1 aliphatic rings. The van der Waals surface area contributed by atoms with Crippen molar-refractivity contribution in [3.05, 3.63) is 50.1 Å². The maximum Gasteiger partial charge on any atom is 0.265 e. The fourth-order valence-corrected chi connectivity index (χ4v) is 4.31. The number of hydrogen-bond donors (Lipinski definition) is 0. The summed E-state index contributed by atoms with van der Waals surface area (Å²) in [6.45, 7) is 4.63. The summed E-state index contributed by atoms with van der Waals surface area (Å²) < 4.78 is 6.61. The highest BCUT2D eigenvalue weighted by atomic mass is 79.9. The van der Waals surface area contributed by atoms with Gasteiger partial charge >= 0.3 is 0 Å². The molecule has 3 rings (SSSR count). The average molecular weight is 430 g/mol. The number of amides is 1. The van der Waals surface area contributed by atoms with Crippen molar-refractivity contribution in [2.24, 2.45) is 0 Å². The second kappa shape index (κ2) is 8.34. The summed E-state index contributed by atoms with van der Waals surface area (Å²) >= 11 is 11.0. The van der Waals surface area contributed by atoms with E-state index < -0.39 is 0 Å². The Morgan fingerprint density at radius 1 is 1.21 bits per heavy atom. The van der Waals surface area contributed by atoms with Gasteiger partial charge in [-0.1, -0.05) is 23.7 Å². The number of piperazine rings is 1. The van der Waals surface area contributed by atoms with Crippen LogP contribution in [0.3, 0.4) is 0 Å². The zero-order chi connectivity index (χ0) is 16.9. The third kappa shape index (κ3) is 4.30. The maximum atomic E-state index is 12.5. The smallest absolute Gasteiger partial charge is 0.265 e. The van der Waals surface area contributed by atoms with Gasteiger partial charge in [0.05, 0.1) is 5.02 Å². The third-order valence-corrected chi connectivity index (χ3v) is 6.11. The molecule has 24 heavy (non-hydrogen) atoms. The lowest BCUT2D eigenvalue weighted by Crippen LogP contribution is -2.49. The Bertz CT molecular complexity index is 701. The summed E-state index contributed by atoms with van der Waals surface area (Å²) in [5.41, 5.74) is 0. The molecule has 1 aromatic carbocycles. The largest absolute Gasteiger partial charge is 0.491 e. The summed E-state index contributed by atoms with van der Waals surface area (Å²) in [4.78, 5) is 17.5. The standard InChI is InChI=1S/C17H18BrClN2O2S/c18-13-5-12-24-16(13)17(22)21-8-6-20(7-9-21)10-11-23-15-4-2-1-3-14(15)19/h1-5,12H,6-11H2. The summed E-state index contributed by atoms with van der Waals surface area (Å²) in [5.74, 6) is 0.833. The number of carbonyl (C=O) groups excluding carboxylic acids is 1. The number of rotatable bonds is 5. The number of thiophene rings is 1. The molecule has 2 heterocycles. The quantitative estimate of drug-likeness (QED) is 0.720. The van der Waals surface area contributed by atoms with E-state index in [4.69, 9.17) is 16.3 Å². The Morgan fingerprint density at radius 3 is 2.62 bits per heavy atom. The predicted octanol–water partition coefficient (Wildman–Crippen LogP) is 4.00. The number of nitrogens with zero attached hydrogens (tertiary/aromatic N) is 2. The molecule has 0 saturated carbocycles. The van der Waals surface area contributed by atoms with E-state index in [9.17, 15) is 4.79 Å². The monoisotopic (exact) mass is 428 g/mol. The van der Waals surface area contributed by atoms with E-state index in [-0.39, 0.29) is 5.91 Å². The first-order valence-electron chi connectivity index (χ1n) is 7.77. The van der Waals surface area contributed by atoms with Crippen LogP contribution in [-0.2, 0) is 0 Å². The molecule has 1 saturated heterocycles. The van der Waals surface area contributed by atoms with E-state index in [1.165, 1.54) is 11.3 Å². The fraction of sp³-hybridized carbons (Fsp3) is 0.353. The van der Waals surface area contributed by atoms with Crippen molar-refractivity contribution >= 4 is 44.8 Å². The van der Waals surface area contributed by atoms with Crippen LogP contribution in [-0.4, -0.2) is 55.0 Å². The molecule has 1 fully saturated rings. The van der Waals surface area contributed by atoms with E-state index in [2.05, 4.69) is 20.8 Å². The van der Waals surface area contributed by atoms with Crippen LogP contribution in [0.5, 0.6) is 5.75 Å². The van der Waals surface area contributed by atoms with Crippen molar-refractivity contribution < 1.29 is 9.53 Å². The van der Waals surface area contributed by atoms with Crippen LogP contribution < -0.4 is 4.74 Å². The van der Waals surface area contributed by atoms with Gasteiger partial charge in [0.15, 0.2) is 0 Å². The van der Waals surface area contributed by atoms with Crippen molar-refractivity contribution in [1.29, 1.82) is 0 Å². The van der Waals surface area contributed by atoms with Crippen LogP contribution in [0.1, 0.15) is 9.67 Å². The minimum atomic E-state index is 0.115. The van der Waals surface area contributed by atoms with Crippen molar-refractivity contribution in [3.63, 3.8) is 0 Å². The zero-order valence-corrected chi connectivity index (χ0v) is 16.2. The number of carbonyl (C=O) groups is 1. The average Bonchev–Trinajstić information content (AvgIpc) is 3.03. The van der Waals surface area contributed by atoms with Crippen molar-refractivity contribution in [1.82, 2.24) is 9.80 Å². The highest BCUT2D eigenvalue weighted by Crippen LogP contribution is 2.25. The number of ether oxygens (including phenoxy) is 1. The molecule has 1 aromatic heterocycles. The van der Waals surface area contributed by atoms with Crippen molar-refractivity contribution in [2.45, 2.75) is 0 Å². The summed E-state index contributed by atoms with van der Waals surface area (Å²) in [5, 5.41) is 2.56. The van der Waals surface area contributed by atoms with Crippen molar-refractivity contribution in [3.8, 4) is 5.75 Å². The SMILES string of the molecule is O=C(c1sccc1Br)N1CCN(CCOc2ccccc2Cl)CC1. The van der Waals surface area contributed by atoms with E-state index >= 15 is 0 Å². The van der Waals surface area contributed by atoms with E-state index in [1.54, 1.807) is 0 Å². The summed E-state index contributed by atoms with van der Waals surface area (Å²) in [7, 11) is 0. The lowest BCUT2D eigenvalue weighted by Gasteiger charge is -2.34. The second-order valence-electron chi connectivity index (χ2n) is 5.51. The van der Waals surface area contributed by atoms with Gasteiger partial charge in [0.2, 0.25) is 0 Å². The molecule has 1 aliphatic heterocycles. The second-order valence-corrected chi connectivity index (χ2v) is 7.69. The lowest BCUT2D eigenvalue weighted by atomic mass is 10.3. The van der Waals surface area contributed by atoms with Gasteiger partial charge in [-0.25, -0.2) is 0 Å². The fourth-order valence-electron chi connectivity index (χ4n) is 2.61. The molecule has 1 amide bonds. The van der Waals surface area contributed by atoms with Crippen LogP contribution in [0.25, 0.3) is 0 Å². The summed E-state index contributed by atoms with van der Waals surface area (Å²) in [6.07, 6.45) is 0. The zero-order valence-electron chi connectivity index (χ0n) is 13.1. The molecule has 2 aromatic rings. The molecule has 128 valence electrons. The molecule has 4 nitrogen and oxygen atoms in total. The van der Waals surface area contributed by atoms with Gasteiger partial charge in [-0.2, -0.15) is 0 Å². The van der Waals surface area contributed by atoms with Gasteiger partial charge < -0.3 is 9.64 Å². The Kier molecular flexibility index (Phi) is 6.16. The summed E-state index contributed by atoms with van der Waals surface area (Å²) in [6, 6.07) is 9.41. The highest BCUT2D eigenvalue weighted by Gasteiger charge is 2.24. The van der Waals surface area contributed by atoms with Crippen LogP contribution in [0.2, 0.25) is 5.02 Å². The van der Waals surface area contributed by atoms with Gasteiger partial charge in [0, 0.05) is 37.2 Å². The predicted molar refractivity (Wildman–Crippen MR) is 101 cm³/mol. The minimum Gasteiger partial charge on any atom is -0.491 e. The van der Waals surface area contributed by atoms with Gasteiger partial charge in [-0.15, -0.1) is 11.3 Å². The number of halogens is 2. The maximum absolute atomic E-state index is 12.5. The van der Waals surface area contributed by atoms with E-state index in [1.807, 2.05) is 40.6 Å². The first-order chi connectivity index (χ1) is 11.6. The van der Waals surface area contributed by atoms with Gasteiger partial charge in [-0.05, 0) is 39.5 Å². The van der Waals surface area contributed by atoms with E-state index in [0.29, 0.717) is 11.6 Å². The first-order valence-corrected chi connectivity index (χ1v) is 9.82. The first kappa shape index (κ1) is 17.7. The normalized spacial score (nSPS) is 15.5. The molecule has 7 heteroatoms. The van der Waals surface area contributed by atoms with Crippen LogP contribution in [0.4, 0.5) is 0 Å². The molecule has 0 N–H and O–H groups in total. The molecule has 0 spiro atoms. The van der Waals surface area contributed by atoms with Crippen LogP contribution in [0, 0.1) is 0 Å². The highest BCUT2D eigenvalue weighted by molar-refractivity contribution is 9.10. The molecule has 0 aliphatic carbocycles. The Morgan fingerprint density at radius 2 is 1.96 bits per heavy atom. The molecule has 0 radical (unpaired) electrons. The number of hydrogen-bond acceptors (Lipinski definition) is 4. The van der Waals surface area contributed by atoms with Gasteiger partial charge in [-0.3, -0.25) is 9.69 Å². The number of para-hydroxylation sites is 1. The van der Waals surface area contributed by atoms with Gasteiger partial charge in [0.1, 0.15) is 17.2 Å². The van der Waals surface area contributed by atoms with Crippen LogP contribution in [0.15, 0.2) is 40.2 Å². The third-order valence-electron chi connectivity index (χ3n) is 3.97. The van der Waals surface area contributed by atoms with Crippen LogP contribution >= 0.6 is 38.9 Å². The lowest BCUT2D eigenvalue weighted by molar-refractivity contribution is 0.0624.